The number of hydrogen-bond acceptors (Lipinski definition) is 6. The highest BCUT2D eigenvalue weighted by Gasteiger charge is 2.20. The predicted octanol–water partition coefficient (Wildman–Crippen LogP) is 1.88. The quantitative estimate of drug-likeness (QED) is 0.910. The summed E-state index contributed by atoms with van der Waals surface area (Å²) in [5.74, 6) is -0.563. The standard InChI is InChI=1S/C14H19N3O2S/c1-5-7(2)11(14(18)19)17-12-10-8(3)9(4)20-13(10)16-6-15-12/h6-7,11H,5H2,1-4H3,(H,18,19)(H,15,16,17)/p-1/t7-,11+/m1/s1. The minimum atomic E-state index is -1.10. The van der Waals surface area contributed by atoms with E-state index in [0.29, 0.717) is 5.82 Å². The van der Waals surface area contributed by atoms with Gasteiger partial charge < -0.3 is 15.2 Å². The molecule has 0 amide bonds. The van der Waals surface area contributed by atoms with E-state index in [0.717, 1.165) is 27.1 Å². The van der Waals surface area contributed by atoms with Gasteiger partial charge in [0.05, 0.1) is 17.4 Å². The molecule has 0 aliphatic rings. The van der Waals surface area contributed by atoms with E-state index in [1.165, 1.54) is 6.33 Å². The number of nitrogens with zero attached hydrogens (tertiary/aromatic N) is 2. The van der Waals surface area contributed by atoms with Gasteiger partial charge in [0, 0.05) is 4.88 Å². The van der Waals surface area contributed by atoms with Gasteiger partial charge in [-0.05, 0) is 25.3 Å². The van der Waals surface area contributed by atoms with Gasteiger partial charge in [-0.15, -0.1) is 11.3 Å². The first-order valence-corrected chi connectivity index (χ1v) is 7.45. The summed E-state index contributed by atoms with van der Waals surface area (Å²) in [4.78, 5) is 21.8. The lowest BCUT2D eigenvalue weighted by Gasteiger charge is -2.26. The molecule has 1 N–H and O–H groups in total. The summed E-state index contributed by atoms with van der Waals surface area (Å²) in [6.45, 7) is 7.87. The average Bonchev–Trinajstić information content (AvgIpc) is 2.71. The predicted molar refractivity (Wildman–Crippen MR) is 78.8 cm³/mol. The number of anilines is 1. The van der Waals surface area contributed by atoms with Gasteiger partial charge in [-0.3, -0.25) is 0 Å². The van der Waals surface area contributed by atoms with Gasteiger partial charge in [-0.25, -0.2) is 9.97 Å². The highest BCUT2D eigenvalue weighted by molar-refractivity contribution is 7.18. The van der Waals surface area contributed by atoms with E-state index < -0.39 is 12.0 Å². The van der Waals surface area contributed by atoms with Crippen molar-refractivity contribution in [3.05, 3.63) is 16.8 Å². The molecule has 2 rings (SSSR count). The van der Waals surface area contributed by atoms with Crippen LogP contribution in [-0.4, -0.2) is 22.0 Å². The van der Waals surface area contributed by atoms with Crippen molar-refractivity contribution < 1.29 is 9.90 Å². The molecule has 0 aliphatic carbocycles. The molecule has 108 valence electrons. The Labute approximate surface area is 122 Å². The number of hydrogen-bond donors (Lipinski definition) is 1. The van der Waals surface area contributed by atoms with Crippen LogP contribution >= 0.6 is 11.3 Å². The van der Waals surface area contributed by atoms with Gasteiger partial charge in [0.1, 0.15) is 17.0 Å². The number of aliphatic carboxylic acids is 1. The van der Waals surface area contributed by atoms with Crippen molar-refractivity contribution in [2.45, 2.75) is 40.2 Å². The summed E-state index contributed by atoms with van der Waals surface area (Å²) < 4.78 is 0. The second-order valence-corrected chi connectivity index (χ2v) is 6.22. The number of nitrogens with one attached hydrogen (secondary N) is 1. The van der Waals surface area contributed by atoms with Crippen LogP contribution < -0.4 is 10.4 Å². The summed E-state index contributed by atoms with van der Waals surface area (Å²) in [5, 5.41) is 15.2. The Morgan fingerprint density at radius 2 is 2.15 bits per heavy atom. The number of carboxylic acids is 1. The summed E-state index contributed by atoms with van der Waals surface area (Å²) in [5.41, 5.74) is 1.09. The van der Waals surface area contributed by atoms with Crippen LogP contribution in [0.2, 0.25) is 0 Å². The van der Waals surface area contributed by atoms with E-state index in [-0.39, 0.29) is 5.92 Å². The first-order valence-electron chi connectivity index (χ1n) is 6.63. The maximum atomic E-state index is 11.3. The van der Waals surface area contributed by atoms with E-state index in [2.05, 4.69) is 15.3 Å². The van der Waals surface area contributed by atoms with E-state index in [9.17, 15) is 9.90 Å². The van der Waals surface area contributed by atoms with Crippen molar-refractivity contribution in [3.63, 3.8) is 0 Å². The third kappa shape index (κ3) is 2.60. The van der Waals surface area contributed by atoms with Crippen molar-refractivity contribution in [2.24, 2.45) is 5.92 Å². The number of aromatic nitrogens is 2. The van der Waals surface area contributed by atoms with Crippen molar-refractivity contribution in [3.8, 4) is 0 Å². The van der Waals surface area contributed by atoms with Gasteiger partial charge in [0.2, 0.25) is 0 Å². The Hall–Kier alpha value is -1.69. The zero-order valence-electron chi connectivity index (χ0n) is 12.1. The molecule has 0 aliphatic heterocycles. The maximum absolute atomic E-state index is 11.3. The van der Waals surface area contributed by atoms with E-state index in [1.807, 2.05) is 27.7 Å². The Balaban J connectivity index is 2.45. The minimum Gasteiger partial charge on any atom is -0.548 e. The average molecular weight is 292 g/mol. The van der Waals surface area contributed by atoms with Gasteiger partial charge in [-0.1, -0.05) is 20.3 Å². The fourth-order valence-corrected chi connectivity index (χ4v) is 3.11. The first kappa shape index (κ1) is 14.7. The number of fused-ring (bicyclic) bond motifs is 1. The van der Waals surface area contributed by atoms with Crippen LogP contribution in [0.1, 0.15) is 30.7 Å². The molecule has 0 saturated carbocycles. The fourth-order valence-electron chi connectivity index (χ4n) is 2.11. The molecule has 0 saturated heterocycles. The number of carbonyl (C=O) groups excluding carboxylic acids is 1. The second kappa shape index (κ2) is 5.75. The Morgan fingerprint density at radius 1 is 1.45 bits per heavy atom. The molecule has 2 heterocycles. The molecule has 6 heteroatoms. The molecule has 0 unspecified atom stereocenters. The molecular formula is C14H18N3O2S-. The number of thiophene rings is 1. The number of rotatable bonds is 5. The van der Waals surface area contributed by atoms with Crippen LogP contribution in [0.5, 0.6) is 0 Å². The van der Waals surface area contributed by atoms with Gasteiger partial charge in [0.15, 0.2) is 0 Å². The van der Waals surface area contributed by atoms with Gasteiger partial charge in [-0.2, -0.15) is 0 Å². The van der Waals surface area contributed by atoms with Crippen molar-refractivity contribution in [2.75, 3.05) is 5.32 Å². The molecule has 2 aromatic heterocycles. The molecule has 20 heavy (non-hydrogen) atoms. The summed E-state index contributed by atoms with van der Waals surface area (Å²) in [6, 6.07) is -0.752. The molecule has 0 radical (unpaired) electrons. The molecule has 0 fully saturated rings. The minimum absolute atomic E-state index is 0.0370. The molecule has 0 spiro atoms. The van der Waals surface area contributed by atoms with E-state index in [4.69, 9.17) is 0 Å². The van der Waals surface area contributed by atoms with Crippen LogP contribution in [0.4, 0.5) is 5.82 Å². The van der Waals surface area contributed by atoms with E-state index in [1.54, 1.807) is 11.3 Å². The monoisotopic (exact) mass is 292 g/mol. The fraction of sp³-hybridized carbons (Fsp3) is 0.500. The smallest absolute Gasteiger partial charge is 0.138 e. The lowest BCUT2D eigenvalue weighted by atomic mass is 9.99. The van der Waals surface area contributed by atoms with Crippen LogP contribution in [0.15, 0.2) is 6.33 Å². The van der Waals surface area contributed by atoms with Crippen LogP contribution in [-0.2, 0) is 4.79 Å². The highest BCUT2D eigenvalue weighted by atomic mass is 32.1. The van der Waals surface area contributed by atoms with Gasteiger partial charge in [0.25, 0.3) is 0 Å². The van der Waals surface area contributed by atoms with Crippen molar-refractivity contribution in [1.29, 1.82) is 0 Å². The molecule has 2 atom stereocenters. The topological polar surface area (TPSA) is 77.9 Å². The zero-order chi connectivity index (χ0) is 14.9. The number of carboxylic acid groups (broad SMARTS) is 1. The van der Waals surface area contributed by atoms with Crippen LogP contribution in [0.25, 0.3) is 10.2 Å². The highest BCUT2D eigenvalue weighted by Crippen LogP contribution is 2.33. The molecule has 0 bridgehead atoms. The Bertz CT molecular complexity index is 639. The molecule has 2 aromatic rings. The summed E-state index contributed by atoms with van der Waals surface area (Å²) in [6.07, 6.45) is 2.21. The van der Waals surface area contributed by atoms with Crippen LogP contribution in [0.3, 0.4) is 0 Å². The molecule has 0 aromatic carbocycles. The first-order chi connectivity index (χ1) is 9.45. The maximum Gasteiger partial charge on any atom is 0.138 e. The van der Waals surface area contributed by atoms with E-state index >= 15 is 0 Å². The lowest BCUT2D eigenvalue weighted by molar-refractivity contribution is -0.307. The van der Waals surface area contributed by atoms with Crippen LogP contribution in [0, 0.1) is 19.8 Å². The van der Waals surface area contributed by atoms with Crippen molar-refractivity contribution >= 4 is 33.3 Å². The molecule has 5 nitrogen and oxygen atoms in total. The SMILES string of the molecule is CC[C@@H](C)[C@H](Nc1ncnc2sc(C)c(C)c12)C(=O)[O-]. The van der Waals surface area contributed by atoms with Crippen molar-refractivity contribution in [1.82, 2.24) is 9.97 Å². The third-order valence-corrected chi connectivity index (χ3v) is 4.84. The number of aryl methyl sites for hydroxylation is 2. The van der Waals surface area contributed by atoms with Gasteiger partial charge >= 0.3 is 0 Å². The molecular weight excluding hydrogens is 274 g/mol. The summed E-state index contributed by atoms with van der Waals surface area (Å²) in [7, 11) is 0. The Kier molecular flexibility index (Phi) is 4.23. The third-order valence-electron chi connectivity index (χ3n) is 3.72. The lowest BCUT2D eigenvalue weighted by Crippen LogP contribution is -2.45. The number of carbonyl (C=O) groups is 1. The zero-order valence-corrected chi connectivity index (χ0v) is 12.9. The second-order valence-electron chi connectivity index (χ2n) is 5.01. The normalized spacial score (nSPS) is 14.2. The largest absolute Gasteiger partial charge is 0.548 e. The Morgan fingerprint density at radius 3 is 2.75 bits per heavy atom. The summed E-state index contributed by atoms with van der Waals surface area (Å²) >= 11 is 1.59.